The Morgan fingerprint density at radius 3 is 2.83 bits per heavy atom. The maximum absolute atomic E-state index is 13.6. The average Bonchev–Trinajstić information content (AvgIpc) is 3.15. The summed E-state index contributed by atoms with van der Waals surface area (Å²) in [7, 11) is 0. The average molecular weight is 252 g/mol. The Labute approximate surface area is 108 Å². The molecule has 4 heteroatoms. The lowest BCUT2D eigenvalue weighted by molar-refractivity contribution is 0.301. The minimum atomic E-state index is -0.398. The highest BCUT2D eigenvalue weighted by Gasteiger charge is 2.28. The quantitative estimate of drug-likeness (QED) is 0.763. The number of rotatable bonds is 6. The van der Waals surface area contributed by atoms with Crippen molar-refractivity contribution in [3.05, 3.63) is 17.9 Å². The maximum Gasteiger partial charge on any atom is 0.167 e. The van der Waals surface area contributed by atoms with Gasteiger partial charge in [0.2, 0.25) is 0 Å². The van der Waals surface area contributed by atoms with E-state index in [9.17, 15) is 4.39 Å². The van der Waals surface area contributed by atoms with Gasteiger partial charge in [0, 0.05) is 18.2 Å². The summed E-state index contributed by atoms with van der Waals surface area (Å²) in [6, 6.07) is 3.36. The number of anilines is 2. The number of nitrogens with one attached hydrogen (secondary N) is 1. The highest BCUT2D eigenvalue weighted by molar-refractivity contribution is 5.69. The summed E-state index contributed by atoms with van der Waals surface area (Å²) in [5.74, 6) is 0.594. The van der Waals surface area contributed by atoms with Crippen LogP contribution in [0, 0.1) is 11.7 Å². The second-order valence-electron chi connectivity index (χ2n) is 4.99. The van der Waals surface area contributed by atoms with Crippen LogP contribution in [0.1, 0.15) is 33.1 Å². The largest absolute Gasteiger partial charge is 0.490 e. The molecular formula is C14H21FN2O. The minimum absolute atomic E-state index is 0.275. The van der Waals surface area contributed by atoms with Crippen LogP contribution in [0.4, 0.5) is 15.8 Å². The molecule has 1 aromatic carbocycles. The first-order valence-electron chi connectivity index (χ1n) is 6.60. The molecule has 0 aliphatic heterocycles. The molecule has 1 saturated carbocycles. The number of nitrogens with two attached hydrogens (primary N) is 1. The summed E-state index contributed by atoms with van der Waals surface area (Å²) < 4.78 is 19.0. The van der Waals surface area contributed by atoms with E-state index in [2.05, 4.69) is 12.2 Å². The van der Waals surface area contributed by atoms with Crippen molar-refractivity contribution in [2.45, 2.75) is 39.2 Å². The third-order valence-corrected chi connectivity index (χ3v) is 3.28. The van der Waals surface area contributed by atoms with Crippen molar-refractivity contribution in [2.75, 3.05) is 17.7 Å². The summed E-state index contributed by atoms with van der Waals surface area (Å²) in [6.07, 6.45) is 3.37. The van der Waals surface area contributed by atoms with Gasteiger partial charge in [-0.1, -0.05) is 6.92 Å². The van der Waals surface area contributed by atoms with Gasteiger partial charge in [0.15, 0.2) is 11.6 Å². The number of hydrogen-bond donors (Lipinski definition) is 2. The Hall–Kier alpha value is -1.45. The molecule has 1 aliphatic rings. The van der Waals surface area contributed by atoms with E-state index in [0.29, 0.717) is 18.3 Å². The molecule has 100 valence electrons. The van der Waals surface area contributed by atoms with Crippen molar-refractivity contribution in [3.63, 3.8) is 0 Å². The fourth-order valence-electron chi connectivity index (χ4n) is 1.98. The fraction of sp³-hybridized carbons (Fsp3) is 0.571. The van der Waals surface area contributed by atoms with E-state index in [4.69, 9.17) is 10.5 Å². The van der Waals surface area contributed by atoms with Crippen LogP contribution in [0.25, 0.3) is 0 Å². The van der Waals surface area contributed by atoms with Gasteiger partial charge >= 0.3 is 0 Å². The van der Waals surface area contributed by atoms with Crippen LogP contribution in [0.15, 0.2) is 12.1 Å². The first kappa shape index (κ1) is 13.0. The van der Waals surface area contributed by atoms with E-state index >= 15 is 0 Å². The van der Waals surface area contributed by atoms with Crippen LogP contribution in [-0.2, 0) is 0 Å². The zero-order chi connectivity index (χ0) is 13.1. The molecule has 3 nitrogen and oxygen atoms in total. The second-order valence-corrected chi connectivity index (χ2v) is 4.99. The molecule has 0 amide bonds. The normalized spacial score (nSPS) is 16.4. The zero-order valence-corrected chi connectivity index (χ0v) is 11.0. The van der Waals surface area contributed by atoms with Crippen molar-refractivity contribution < 1.29 is 9.13 Å². The molecule has 18 heavy (non-hydrogen) atoms. The van der Waals surface area contributed by atoms with E-state index in [1.165, 1.54) is 18.9 Å². The Bertz CT molecular complexity index is 419. The van der Waals surface area contributed by atoms with Crippen LogP contribution in [-0.4, -0.2) is 12.6 Å². The molecule has 0 radical (unpaired) electrons. The SMILES string of the molecule is CCCOc1cc(NC(C)C2CC2)c(N)cc1F. The highest BCUT2D eigenvalue weighted by atomic mass is 19.1. The number of ether oxygens (including phenoxy) is 1. The van der Waals surface area contributed by atoms with E-state index in [1.807, 2.05) is 6.92 Å². The van der Waals surface area contributed by atoms with Gasteiger partial charge in [-0.05, 0) is 32.1 Å². The van der Waals surface area contributed by atoms with Crippen molar-refractivity contribution in [2.24, 2.45) is 5.92 Å². The van der Waals surface area contributed by atoms with Gasteiger partial charge in [-0.3, -0.25) is 0 Å². The van der Waals surface area contributed by atoms with Crippen LogP contribution >= 0.6 is 0 Å². The van der Waals surface area contributed by atoms with E-state index in [-0.39, 0.29) is 5.75 Å². The third kappa shape index (κ3) is 3.06. The smallest absolute Gasteiger partial charge is 0.167 e. The Morgan fingerprint density at radius 1 is 1.50 bits per heavy atom. The minimum Gasteiger partial charge on any atom is -0.490 e. The molecule has 0 spiro atoms. The molecule has 1 unspecified atom stereocenters. The van der Waals surface area contributed by atoms with E-state index in [1.54, 1.807) is 6.07 Å². The Balaban J connectivity index is 2.12. The molecule has 2 rings (SSSR count). The Morgan fingerprint density at radius 2 is 2.22 bits per heavy atom. The summed E-state index contributed by atoms with van der Waals surface area (Å²) >= 11 is 0. The van der Waals surface area contributed by atoms with Gasteiger partial charge in [-0.25, -0.2) is 4.39 Å². The first-order chi connectivity index (χ1) is 8.61. The van der Waals surface area contributed by atoms with Crippen molar-refractivity contribution >= 4 is 11.4 Å². The van der Waals surface area contributed by atoms with Crippen molar-refractivity contribution in [1.82, 2.24) is 0 Å². The molecule has 0 heterocycles. The number of hydrogen-bond acceptors (Lipinski definition) is 3. The van der Waals surface area contributed by atoms with Crippen LogP contribution in [0.2, 0.25) is 0 Å². The van der Waals surface area contributed by atoms with Gasteiger partial charge in [0.1, 0.15) is 0 Å². The lowest BCUT2D eigenvalue weighted by Crippen LogP contribution is -2.18. The summed E-state index contributed by atoms with van der Waals surface area (Å²) in [5.41, 5.74) is 7.03. The summed E-state index contributed by atoms with van der Waals surface area (Å²) in [5, 5.41) is 3.34. The van der Waals surface area contributed by atoms with Gasteiger partial charge in [0.05, 0.1) is 18.0 Å². The van der Waals surface area contributed by atoms with Gasteiger partial charge in [-0.15, -0.1) is 0 Å². The van der Waals surface area contributed by atoms with E-state index in [0.717, 1.165) is 18.0 Å². The summed E-state index contributed by atoms with van der Waals surface area (Å²) in [6.45, 7) is 4.63. The molecule has 0 aromatic heterocycles. The van der Waals surface area contributed by atoms with Crippen LogP contribution < -0.4 is 15.8 Å². The van der Waals surface area contributed by atoms with Crippen molar-refractivity contribution in [3.8, 4) is 5.75 Å². The number of halogens is 1. The molecule has 1 atom stereocenters. The molecule has 0 saturated heterocycles. The monoisotopic (exact) mass is 252 g/mol. The maximum atomic E-state index is 13.6. The first-order valence-corrected chi connectivity index (χ1v) is 6.60. The summed E-state index contributed by atoms with van der Waals surface area (Å²) in [4.78, 5) is 0. The van der Waals surface area contributed by atoms with Crippen molar-refractivity contribution in [1.29, 1.82) is 0 Å². The number of benzene rings is 1. The zero-order valence-electron chi connectivity index (χ0n) is 11.0. The van der Waals surface area contributed by atoms with E-state index < -0.39 is 5.82 Å². The lowest BCUT2D eigenvalue weighted by Gasteiger charge is -2.17. The topological polar surface area (TPSA) is 47.3 Å². The molecule has 0 bridgehead atoms. The predicted molar refractivity (Wildman–Crippen MR) is 72.4 cm³/mol. The van der Waals surface area contributed by atoms with Crippen LogP contribution in [0.3, 0.4) is 0 Å². The highest BCUT2D eigenvalue weighted by Crippen LogP contribution is 2.36. The molecule has 1 aromatic rings. The molecule has 1 fully saturated rings. The molecule has 3 N–H and O–H groups in total. The predicted octanol–water partition coefficient (Wildman–Crippen LogP) is 3.41. The van der Waals surface area contributed by atoms with Gasteiger partial charge < -0.3 is 15.8 Å². The van der Waals surface area contributed by atoms with Gasteiger partial charge in [0.25, 0.3) is 0 Å². The second kappa shape index (κ2) is 5.46. The molecule has 1 aliphatic carbocycles. The number of nitrogen functional groups attached to an aromatic ring is 1. The lowest BCUT2D eigenvalue weighted by atomic mass is 10.2. The van der Waals surface area contributed by atoms with Gasteiger partial charge in [-0.2, -0.15) is 0 Å². The van der Waals surface area contributed by atoms with Crippen LogP contribution in [0.5, 0.6) is 5.75 Å². The third-order valence-electron chi connectivity index (χ3n) is 3.28. The standard InChI is InChI=1S/C14H21FN2O/c1-3-6-18-14-8-13(12(16)7-11(14)15)17-9(2)10-4-5-10/h7-10,17H,3-6,16H2,1-2H3. The Kier molecular flexibility index (Phi) is 3.94. The molecular weight excluding hydrogens is 231 g/mol. The fourth-order valence-corrected chi connectivity index (χ4v) is 1.98.